The van der Waals surface area contributed by atoms with Gasteiger partial charge in [0.05, 0.1) is 22.5 Å². The summed E-state index contributed by atoms with van der Waals surface area (Å²) >= 11 is 0. The molecule has 1 aromatic rings. The number of amides is 1. The molecule has 4 heterocycles. The van der Waals surface area contributed by atoms with Gasteiger partial charge in [0.25, 0.3) is 11.5 Å². The van der Waals surface area contributed by atoms with Crippen molar-refractivity contribution in [3.05, 3.63) is 27.4 Å². The normalized spacial score (nSPS) is 25.5. The van der Waals surface area contributed by atoms with Gasteiger partial charge in [-0.3, -0.25) is 9.59 Å². The highest BCUT2D eigenvalue weighted by molar-refractivity contribution is 7.89. The number of nitrogens with one attached hydrogen (secondary N) is 1. The first-order chi connectivity index (χ1) is 14.3. The smallest absolute Gasteiger partial charge is 0.255 e. The van der Waals surface area contributed by atoms with Crippen molar-refractivity contribution in [2.24, 2.45) is 0 Å². The maximum absolute atomic E-state index is 13.0. The largest absolute Gasteiger partial charge is 0.368 e. The van der Waals surface area contributed by atoms with Crippen LogP contribution >= 0.6 is 0 Å². The van der Waals surface area contributed by atoms with E-state index in [1.807, 2.05) is 4.90 Å². The van der Waals surface area contributed by atoms with Crippen molar-refractivity contribution >= 4 is 15.9 Å². The number of hydrogen-bond donors (Lipinski definition) is 1. The quantitative estimate of drug-likeness (QED) is 0.753. The fourth-order valence-electron chi connectivity index (χ4n) is 4.53. The third-order valence-corrected chi connectivity index (χ3v) is 8.54. The number of ether oxygens (including phenoxy) is 1. The highest BCUT2D eigenvalue weighted by atomic mass is 32.2. The Balaban J connectivity index is 1.61. The van der Waals surface area contributed by atoms with Gasteiger partial charge in [-0.1, -0.05) is 0 Å². The third kappa shape index (κ3) is 3.92. The predicted octanol–water partition coefficient (Wildman–Crippen LogP) is 1.10. The summed E-state index contributed by atoms with van der Waals surface area (Å²) in [5.41, 5.74) is 0.731. The van der Waals surface area contributed by atoms with Crippen LogP contribution in [0.3, 0.4) is 0 Å². The van der Waals surface area contributed by atoms with Crippen LogP contribution in [-0.2, 0) is 32.5 Å². The fraction of sp³-hybridized carbons (Fsp3) is 0.750. The minimum Gasteiger partial charge on any atom is -0.368 e. The number of nitrogens with zero attached hydrogens (tertiary/aromatic N) is 3. The van der Waals surface area contributed by atoms with Crippen molar-refractivity contribution in [2.75, 3.05) is 19.7 Å². The Morgan fingerprint density at radius 2 is 2.00 bits per heavy atom. The summed E-state index contributed by atoms with van der Waals surface area (Å²) in [5.74, 6) is 0.483. The topological polar surface area (TPSA) is 113 Å². The number of hydrogen-bond acceptors (Lipinski definition) is 6. The lowest BCUT2D eigenvalue weighted by atomic mass is 9.99. The Bertz CT molecular complexity index is 968. The average Bonchev–Trinajstić information content (AvgIpc) is 3.27. The number of aromatic amines is 1. The zero-order valence-corrected chi connectivity index (χ0v) is 18.4. The second kappa shape index (κ2) is 8.39. The average molecular weight is 439 g/mol. The van der Waals surface area contributed by atoms with E-state index in [4.69, 9.17) is 9.72 Å². The second-order valence-corrected chi connectivity index (χ2v) is 11.1. The molecule has 0 radical (unpaired) electrons. The Morgan fingerprint density at radius 1 is 1.20 bits per heavy atom. The molecule has 0 aliphatic carbocycles. The lowest BCUT2D eigenvalue weighted by molar-refractivity contribution is -0.145. The molecule has 10 heteroatoms. The number of sulfonamides is 1. The summed E-state index contributed by atoms with van der Waals surface area (Å²) in [7, 11) is -3.43. The highest BCUT2D eigenvalue weighted by Crippen LogP contribution is 2.31. The number of aromatic nitrogens is 2. The minimum absolute atomic E-state index is 0.0215. The van der Waals surface area contributed by atoms with E-state index in [1.165, 1.54) is 4.31 Å². The number of carbonyl (C=O) groups is 1. The molecule has 0 saturated carbocycles. The van der Waals surface area contributed by atoms with E-state index < -0.39 is 21.4 Å². The number of carbonyl (C=O) groups excluding carboxylic acids is 1. The van der Waals surface area contributed by atoms with E-state index in [0.29, 0.717) is 43.2 Å². The van der Waals surface area contributed by atoms with E-state index in [-0.39, 0.29) is 24.1 Å². The molecule has 2 atom stereocenters. The summed E-state index contributed by atoms with van der Waals surface area (Å²) < 4.78 is 32.0. The van der Waals surface area contributed by atoms with Crippen LogP contribution in [0.1, 0.15) is 69.1 Å². The van der Waals surface area contributed by atoms with Crippen LogP contribution in [0.4, 0.5) is 0 Å². The van der Waals surface area contributed by atoms with Crippen molar-refractivity contribution in [1.82, 2.24) is 19.2 Å². The van der Waals surface area contributed by atoms with E-state index in [0.717, 1.165) is 32.1 Å². The first kappa shape index (κ1) is 21.5. The van der Waals surface area contributed by atoms with Gasteiger partial charge in [0.2, 0.25) is 10.0 Å². The van der Waals surface area contributed by atoms with Crippen LogP contribution in [0, 0.1) is 0 Å². The van der Waals surface area contributed by atoms with Crippen molar-refractivity contribution in [3.63, 3.8) is 0 Å². The number of fused-ring (bicyclic) bond motifs is 1. The van der Waals surface area contributed by atoms with Gasteiger partial charge in [0.15, 0.2) is 0 Å². The lowest BCUT2D eigenvalue weighted by Crippen LogP contribution is -2.46. The molecular weight excluding hydrogens is 408 g/mol. The standard InChI is InChI=1S/C20H30N4O5S/c1-13(2)30(27,28)23-10-8-15-14(12-23)19(25)22-18(21-15)16-6-3-4-9-24(16)20(26)17-7-5-11-29-17/h13,16-17H,3-12H2,1-2H3,(H,21,22,25)/t16-,17-/m0/s1. The molecule has 2 saturated heterocycles. The van der Waals surface area contributed by atoms with Crippen LogP contribution in [0.15, 0.2) is 4.79 Å². The van der Waals surface area contributed by atoms with E-state index >= 15 is 0 Å². The number of rotatable bonds is 4. The van der Waals surface area contributed by atoms with Crippen LogP contribution in [-0.4, -0.2) is 64.5 Å². The fourth-order valence-corrected chi connectivity index (χ4v) is 5.78. The molecule has 9 nitrogen and oxygen atoms in total. The van der Waals surface area contributed by atoms with Gasteiger partial charge in [-0.05, 0) is 46.0 Å². The van der Waals surface area contributed by atoms with Gasteiger partial charge >= 0.3 is 0 Å². The lowest BCUT2D eigenvalue weighted by Gasteiger charge is -2.37. The van der Waals surface area contributed by atoms with Gasteiger partial charge in [0.1, 0.15) is 11.9 Å². The summed E-state index contributed by atoms with van der Waals surface area (Å²) in [6, 6.07) is -0.272. The predicted molar refractivity (Wildman–Crippen MR) is 110 cm³/mol. The molecule has 0 aromatic carbocycles. The molecule has 0 bridgehead atoms. The minimum atomic E-state index is -3.43. The zero-order valence-electron chi connectivity index (χ0n) is 17.6. The van der Waals surface area contributed by atoms with Crippen molar-refractivity contribution < 1.29 is 17.9 Å². The van der Waals surface area contributed by atoms with Crippen molar-refractivity contribution in [3.8, 4) is 0 Å². The summed E-state index contributed by atoms with van der Waals surface area (Å²) in [6.45, 7) is 4.87. The maximum Gasteiger partial charge on any atom is 0.255 e. The monoisotopic (exact) mass is 438 g/mol. The van der Waals surface area contributed by atoms with Crippen molar-refractivity contribution in [2.45, 2.75) is 76.3 Å². The van der Waals surface area contributed by atoms with Crippen LogP contribution in [0.5, 0.6) is 0 Å². The molecular formula is C20H30N4O5S. The van der Waals surface area contributed by atoms with Crippen molar-refractivity contribution in [1.29, 1.82) is 0 Å². The molecule has 2 fully saturated rings. The molecule has 1 N–H and O–H groups in total. The van der Waals surface area contributed by atoms with Crippen LogP contribution < -0.4 is 5.56 Å². The van der Waals surface area contributed by atoms with Gasteiger partial charge in [-0.25, -0.2) is 13.4 Å². The summed E-state index contributed by atoms with van der Waals surface area (Å²) in [4.78, 5) is 35.2. The first-order valence-electron chi connectivity index (χ1n) is 10.8. The Morgan fingerprint density at radius 3 is 2.70 bits per heavy atom. The molecule has 1 amide bonds. The second-order valence-electron chi connectivity index (χ2n) is 8.60. The number of piperidine rings is 1. The number of H-pyrrole nitrogens is 1. The highest BCUT2D eigenvalue weighted by Gasteiger charge is 2.37. The molecule has 0 unspecified atom stereocenters. The van der Waals surface area contributed by atoms with E-state index in [1.54, 1.807) is 13.8 Å². The Hall–Kier alpha value is -1.78. The SMILES string of the molecule is CC(C)S(=O)(=O)N1CCc2nc([C@@H]3CCCCN3C(=O)[C@@H]3CCCO3)[nH]c(=O)c2C1. The third-order valence-electron chi connectivity index (χ3n) is 6.31. The molecule has 4 rings (SSSR count). The number of likely N-dealkylation sites (tertiary alicyclic amines) is 1. The van der Waals surface area contributed by atoms with E-state index in [9.17, 15) is 18.0 Å². The molecule has 166 valence electrons. The molecule has 3 aliphatic rings. The Labute approximate surface area is 176 Å². The molecule has 30 heavy (non-hydrogen) atoms. The van der Waals surface area contributed by atoms with Gasteiger partial charge in [-0.15, -0.1) is 0 Å². The van der Waals surface area contributed by atoms with Crippen LogP contribution in [0.2, 0.25) is 0 Å². The van der Waals surface area contributed by atoms with Crippen LogP contribution in [0.25, 0.3) is 0 Å². The summed E-state index contributed by atoms with van der Waals surface area (Å²) in [5, 5.41) is -0.537. The maximum atomic E-state index is 13.0. The zero-order chi connectivity index (χ0) is 21.5. The Kier molecular flexibility index (Phi) is 6.00. The van der Waals surface area contributed by atoms with Gasteiger partial charge in [0, 0.05) is 32.7 Å². The van der Waals surface area contributed by atoms with Gasteiger partial charge in [-0.2, -0.15) is 4.31 Å². The molecule has 1 aromatic heterocycles. The first-order valence-corrected chi connectivity index (χ1v) is 12.3. The van der Waals surface area contributed by atoms with E-state index in [2.05, 4.69) is 4.98 Å². The molecule has 0 spiro atoms. The summed E-state index contributed by atoms with van der Waals surface area (Å²) in [6.07, 6.45) is 4.24. The molecule has 3 aliphatic heterocycles. The van der Waals surface area contributed by atoms with Gasteiger partial charge < -0.3 is 14.6 Å².